The van der Waals surface area contributed by atoms with Crippen LogP contribution in [0.4, 0.5) is 0 Å². The number of allylic oxidation sites excluding steroid dienone is 1. The van der Waals surface area contributed by atoms with Gasteiger partial charge in [-0.2, -0.15) is 0 Å². The zero-order chi connectivity index (χ0) is 13.5. The van der Waals surface area contributed by atoms with E-state index in [1.165, 1.54) is 38.5 Å². The summed E-state index contributed by atoms with van der Waals surface area (Å²) in [6.45, 7) is 3.29. The average Bonchev–Trinajstić information content (AvgIpc) is 3.20. The summed E-state index contributed by atoms with van der Waals surface area (Å²) >= 11 is 0. The molecule has 0 aromatic rings. The summed E-state index contributed by atoms with van der Waals surface area (Å²) < 4.78 is 0. The smallest absolute Gasteiger partial charge is 0.0994 e. The molecule has 19 heavy (non-hydrogen) atoms. The fraction of sp³-hybridized carbons (Fsp3) is 0.812. The lowest BCUT2D eigenvalue weighted by Gasteiger charge is -2.23. The maximum Gasteiger partial charge on any atom is 0.0994 e. The van der Waals surface area contributed by atoms with Crippen molar-refractivity contribution in [1.82, 2.24) is 5.32 Å². The maximum absolute atomic E-state index is 5.62. The predicted molar refractivity (Wildman–Crippen MR) is 82.1 cm³/mol. The Labute approximate surface area is 117 Å². The van der Waals surface area contributed by atoms with Crippen molar-refractivity contribution >= 4 is 6.21 Å². The summed E-state index contributed by atoms with van der Waals surface area (Å²) in [6.07, 6.45) is 14.3. The Morgan fingerprint density at radius 1 is 1.21 bits per heavy atom. The summed E-state index contributed by atoms with van der Waals surface area (Å²) in [5.74, 6) is 2.04. The number of hydrogen-bond donors (Lipinski definition) is 2. The minimum atomic E-state index is 0.298. The van der Waals surface area contributed by atoms with Crippen LogP contribution >= 0.6 is 0 Å². The fourth-order valence-corrected chi connectivity index (χ4v) is 3.09. The van der Waals surface area contributed by atoms with Crippen molar-refractivity contribution in [3.8, 4) is 0 Å². The number of aliphatic imine (C=N–C) groups is 1. The molecule has 0 bridgehead atoms. The van der Waals surface area contributed by atoms with E-state index < -0.39 is 0 Å². The third kappa shape index (κ3) is 4.98. The number of rotatable bonds is 5. The van der Waals surface area contributed by atoms with Gasteiger partial charge >= 0.3 is 0 Å². The first-order valence-corrected chi connectivity index (χ1v) is 8.00. The van der Waals surface area contributed by atoms with Gasteiger partial charge in [-0.1, -0.05) is 19.8 Å². The number of hydrogen-bond acceptors (Lipinski definition) is 3. The van der Waals surface area contributed by atoms with Gasteiger partial charge in [0.2, 0.25) is 0 Å². The normalized spacial score (nSPS) is 30.3. The Balaban J connectivity index is 1.76. The van der Waals surface area contributed by atoms with Gasteiger partial charge < -0.3 is 5.73 Å². The van der Waals surface area contributed by atoms with Crippen molar-refractivity contribution in [1.29, 1.82) is 0 Å². The van der Waals surface area contributed by atoms with Crippen LogP contribution in [0, 0.1) is 11.8 Å². The van der Waals surface area contributed by atoms with E-state index in [-0.39, 0.29) is 0 Å². The van der Waals surface area contributed by atoms with E-state index in [1.807, 2.05) is 6.21 Å². The van der Waals surface area contributed by atoms with Crippen molar-refractivity contribution in [3.05, 3.63) is 11.8 Å². The highest BCUT2D eigenvalue weighted by atomic mass is 15.1. The molecule has 3 N–H and O–H groups in total. The van der Waals surface area contributed by atoms with Gasteiger partial charge in [0.15, 0.2) is 0 Å². The molecule has 3 heteroatoms. The van der Waals surface area contributed by atoms with Gasteiger partial charge in [-0.15, -0.1) is 0 Å². The van der Waals surface area contributed by atoms with Gasteiger partial charge in [-0.25, -0.2) is 0 Å². The first kappa shape index (κ1) is 14.6. The molecule has 0 aromatic carbocycles. The van der Waals surface area contributed by atoms with Crippen LogP contribution in [0.2, 0.25) is 0 Å². The van der Waals surface area contributed by atoms with E-state index in [0.29, 0.717) is 6.17 Å². The summed E-state index contributed by atoms with van der Waals surface area (Å²) in [6, 6.07) is 0. The van der Waals surface area contributed by atoms with E-state index in [9.17, 15) is 0 Å². The van der Waals surface area contributed by atoms with Crippen LogP contribution in [0.5, 0.6) is 0 Å². The van der Waals surface area contributed by atoms with Gasteiger partial charge in [0.1, 0.15) is 0 Å². The minimum Gasteiger partial charge on any atom is -0.404 e. The lowest BCUT2D eigenvalue weighted by molar-refractivity contribution is 0.321. The van der Waals surface area contributed by atoms with Crippen LogP contribution in [0.3, 0.4) is 0 Å². The van der Waals surface area contributed by atoms with Crippen LogP contribution in [0.25, 0.3) is 0 Å². The molecule has 0 aromatic heterocycles. The fourth-order valence-electron chi connectivity index (χ4n) is 3.09. The molecule has 2 rings (SSSR count). The van der Waals surface area contributed by atoms with Gasteiger partial charge in [0, 0.05) is 6.21 Å². The summed E-state index contributed by atoms with van der Waals surface area (Å²) in [4.78, 5) is 4.68. The van der Waals surface area contributed by atoms with Crippen LogP contribution in [0.1, 0.15) is 58.3 Å². The van der Waals surface area contributed by atoms with Crippen LogP contribution < -0.4 is 11.1 Å². The molecule has 1 aliphatic heterocycles. The highest BCUT2D eigenvalue weighted by Gasteiger charge is 2.31. The Bertz CT molecular complexity index is 308. The van der Waals surface area contributed by atoms with Crippen molar-refractivity contribution in [3.63, 3.8) is 0 Å². The average molecular weight is 263 g/mol. The minimum absolute atomic E-state index is 0.298. The van der Waals surface area contributed by atoms with Crippen LogP contribution in [-0.2, 0) is 0 Å². The van der Waals surface area contributed by atoms with Gasteiger partial charge in [0.25, 0.3) is 0 Å². The highest BCUT2D eigenvalue weighted by molar-refractivity contribution is 5.78. The van der Waals surface area contributed by atoms with Gasteiger partial charge in [-0.05, 0) is 68.7 Å². The molecule has 0 radical (unpaired) electrons. The molecule has 108 valence electrons. The third-order valence-corrected chi connectivity index (χ3v) is 4.41. The summed E-state index contributed by atoms with van der Waals surface area (Å²) in [5, 5.41) is 3.59. The molecule has 2 fully saturated rings. The lowest BCUT2D eigenvalue weighted by atomic mass is 9.91. The van der Waals surface area contributed by atoms with Crippen molar-refractivity contribution < 1.29 is 0 Å². The molecule has 3 nitrogen and oxygen atoms in total. The Morgan fingerprint density at radius 2 is 2.00 bits per heavy atom. The monoisotopic (exact) mass is 263 g/mol. The van der Waals surface area contributed by atoms with Gasteiger partial charge in [-0.3, -0.25) is 10.3 Å². The number of nitrogens with zero attached hydrogens (tertiary/aromatic N) is 1. The van der Waals surface area contributed by atoms with Crippen molar-refractivity contribution in [2.24, 2.45) is 22.6 Å². The maximum atomic E-state index is 5.62. The number of nitrogens with two attached hydrogens (primary N) is 1. The topological polar surface area (TPSA) is 50.4 Å². The first-order valence-electron chi connectivity index (χ1n) is 8.00. The SMILES string of the molecule is CCC/C(C=NC1CCC[C@H](C2CC2)CCN1)=C/N. The second kappa shape index (κ2) is 7.68. The molecule has 1 aliphatic carbocycles. The molecule has 1 heterocycles. The quantitative estimate of drug-likeness (QED) is 0.748. The summed E-state index contributed by atoms with van der Waals surface area (Å²) in [5.41, 5.74) is 6.77. The van der Waals surface area contributed by atoms with Crippen molar-refractivity contribution in [2.45, 2.75) is 64.5 Å². The van der Waals surface area contributed by atoms with E-state index in [4.69, 9.17) is 5.73 Å². The zero-order valence-electron chi connectivity index (χ0n) is 12.3. The van der Waals surface area contributed by atoms with Crippen molar-refractivity contribution in [2.75, 3.05) is 6.54 Å². The molecule has 0 spiro atoms. The molecule has 1 saturated heterocycles. The van der Waals surface area contributed by atoms with E-state index in [2.05, 4.69) is 17.2 Å². The van der Waals surface area contributed by atoms with E-state index in [0.717, 1.165) is 36.8 Å². The molecule has 1 unspecified atom stereocenters. The first-order chi connectivity index (χ1) is 9.33. The van der Waals surface area contributed by atoms with E-state index >= 15 is 0 Å². The predicted octanol–water partition coefficient (Wildman–Crippen LogP) is 3.22. The molecular weight excluding hydrogens is 234 g/mol. The number of nitrogens with one attached hydrogen (secondary N) is 1. The van der Waals surface area contributed by atoms with Crippen LogP contribution in [-0.4, -0.2) is 18.9 Å². The molecule has 2 atom stereocenters. The Hall–Kier alpha value is -0.830. The summed E-state index contributed by atoms with van der Waals surface area (Å²) in [7, 11) is 0. The lowest BCUT2D eigenvalue weighted by Crippen LogP contribution is -2.32. The van der Waals surface area contributed by atoms with E-state index in [1.54, 1.807) is 6.20 Å². The molecule has 2 aliphatic rings. The molecular formula is C16H29N3. The molecule has 0 amide bonds. The standard InChI is InChI=1S/C16H29N3/c1-2-4-13(11-17)12-19-16-6-3-5-14(9-10-18-16)15-7-8-15/h11-12,14-16,18H,2-10,17H2,1H3/b13-11-,19-12?/t14-,16?/m0/s1. The Kier molecular flexibility index (Phi) is 5.90. The third-order valence-electron chi connectivity index (χ3n) is 4.41. The Morgan fingerprint density at radius 3 is 2.68 bits per heavy atom. The second-order valence-electron chi connectivity index (χ2n) is 6.06. The van der Waals surface area contributed by atoms with Gasteiger partial charge in [0.05, 0.1) is 6.17 Å². The second-order valence-corrected chi connectivity index (χ2v) is 6.06. The highest BCUT2D eigenvalue weighted by Crippen LogP contribution is 2.41. The largest absolute Gasteiger partial charge is 0.404 e. The zero-order valence-corrected chi connectivity index (χ0v) is 12.3. The van der Waals surface area contributed by atoms with Crippen LogP contribution in [0.15, 0.2) is 16.8 Å². The molecule has 1 saturated carbocycles.